The Morgan fingerprint density at radius 2 is 1.87 bits per heavy atom. The SMILES string of the molecule is CC(C)(CC(=O)O)CC(=O)CNc1ccc2c(c1)OCCCO2. The van der Waals surface area contributed by atoms with Gasteiger partial charge in [-0.2, -0.15) is 0 Å². The van der Waals surface area contributed by atoms with Crippen LogP contribution in [0.4, 0.5) is 5.69 Å². The molecule has 0 spiro atoms. The second kappa shape index (κ2) is 7.35. The lowest BCUT2D eigenvalue weighted by Crippen LogP contribution is -2.24. The fraction of sp³-hybridized carbons (Fsp3) is 0.529. The van der Waals surface area contributed by atoms with Gasteiger partial charge in [-0.05, 0) is 17.5 Å². The van der Waals surface area contributed by atoms with Crippen LogP contribution >= 0.6 is 0 Å². The maximum Gasteiger partial charge on any atom is 0.303 e. The number of aliphatic carboxylic acids is 1. The Kier molecular flexibility index (Phi) is 5.47. The topological polar surface area (TPSA) is 84.9 Å². The highest BCUT2D eigenvalue weighted by atomic mass is 16.5. The summed E-state index contributed by atoms with van der Waals surface area (Å²) in [6.07, 6.45) is 1.04. The molecule has 1 aromatic carbocycles. The Hall–Kier alpha value is -2.24. The second-order valence-electron chi connectivity index (χ2n) is 6.52. The summed E-state index contributed by atoms with van der Waals surface area (Å²) >= 11 is 0. The number of carboxylic acid groups (broad SMARTS) is 1. The predicted octanol–water partition coefficient (Wildman–Crippen LogP) is 2.72. The first-order valence-electron chi connectivity index (χ1n) is 7.73. The summed E-state index contributed by atoms with van der Waals surface area (Å²) in [5, 5.41) is 11.9. The average molecular weight is 321 g/mol. The number of carbonyl (C=O) groups excluding carboxylic acids is 1. The number of hydrogen-bond acceptors (Lipinski definition) is 5. The Morgan fingerprint density at radius 3 is 2.57 bits per heavy atom. The predicted molar refractivity (Wildman–Crippen MR) is 86.2 cm³/mol. The van der Waals surface area contributed by atoms with E-state index in [1.165, 1.54) is 0 Å². The maximum absolute atomic E-state index is 12.0. The molecule has 0 unspecified atom stereocenters. The van der Waals surface area contributed by atoms with E-state index in [9.17, 15) is 9.59 Å². The molecule has 23 heavy (non-hydrogen) atoms. The van der Waals surface area contributed by atoms with Crippen LogP contribution in [0.25, 0.3) is 0 Å². The number of fused-ring (bicyclic) bond motifs is 1. The average Bonchev–Trinajstić information content (AvgIpc) is 2.67. The number of carboxylic acids is 1. The monoisotopic (exact) mass is 321 g/mol. The molecule has 1 aliphatic rings. The summed E-state index contributed by atoms with van der Waals surface area (Å²) in [6, 6.07) is 5.47. The van der Waals surface area contributed by atoms with Crippen LogP contribution in [0.5, 0.6) is 11.5 Å². The van der Waals surface area contributed by atoms with Crippen LogP contribution in [0.3, 0.4) is 0 Å². The summed E-state index contributed by atoms with van der Waals surface area (Å²) in [6.45, 7) is 4.97. The largest absolute Gasteiger partial charge is 0.490 e. The summed E-state index contributed by atoms with van der Waals surface area (Å²) < 4.78 is 11.2. The zero-order valence-electron chi connectivity index (χ0n) is 13.6. The Balaban J connectivity index is 1.89. The molecule has 0 saturated heterocycles. The normalized spacial score (nSPS) is 14.0. The van der Waals surface area contributed by atoms with E-state index in [2.05, 4.69) is 5.32 Å². The first kappa shape index (κ1) is 17.1. The van der Waals surface area contributed by atoms with E-state index in [0.29, 0.717) is 24.7 Å². The molecule has 1 aliphatic heterocycles. The van der Waals surface area contributed by atoms with Crippen molar-refractivity contribution < 1.29 is 24.2 Å². The van der Waals surface area contributed by atoms with E-state index in [1.807, 2.05) is 18.2 Å². The van der Waals surface area contributed by atoms with Crippen LogP contribution in [-0.4, -0.2) is 36.6 Å². The van der Waals surface area contributed by atoms with Crippen molar-refractivity contribution in [3.05, 3.63) is 18.2 Å². The van der Waals surface area contributed by atoms with Gasteiger partial charge in [-0.25, -0.2) is 0 Å². The minimum Gasteiger partial charge on any atom is -0.490 e. The summed E-state index contributed by atoms with van der Waals surface area (Å²) in [5.74, 6) is 0.468. The minimum atomic E-state index is -0.890. The molecule has 6 nitrogen and oxygen atoms in total. The minimum absolute atomic E-state index is 0.0247. The lowest BCUT2D eigenvalue weighted by molar-refractivity contribution is -0.139. The van der Waals surface area contributed by atoms with E-state index >= 15 is 0 Å². The Bertz CT molecular complexity index is 582. The number of ether oxygens (including phenoxy) is 2. The zero-order chi connectivity index (χ0) is 16.9. The first-order valence-corrected chi connectivity index (χ1v) is 7.73. The molecule has 0 fully saturated rings. The zero-order valence-corrected chi connectivity index (χ0v) is 13.6. The molecule has 126 valence electrons. The van der Waals surface area contributed by atoms with Gasteiger partial charge in [0.2, 0.25) is 0 Å². The standard InChI is InChI=1S/C17H23NO5/c1-17(2,10-16(20)21)9-13(19)11-18-12-4-5-14-15(8-12)23-7-3-6-22-14/h4-5,8,18H,3,6-7,9-11H2,1-2H3,(H,20,21). The molecular weight excluding hydrogens is 298 g/mol. The van der Waals surface area contributed by atoms with Crippen LogP contribution in [0.2, 0.25) is 0 Å². The molecule has 0 amide bonds. The molecule has 1 heterocycles. The van der Waals surface area contributed by atoms with Crippen molar-refractivity contribution in [2.75, 3.05) is 25.1 Å². The van der Waals surface area contributed by atoms with Gasteiger partial charge in [0.05, 0.1) is 26.2 Å². The van der Waals surface area contributed by atoms with E-state index in [4.69, 9.17) is 14.6 Å². The number of benzene rings is 1. The number of ketones is 1. The first-order chi connectivity index (χ1) is 10.9. The van der Waals surface area contributed by atoms with Crippen molar-refractivity contribution in [2.24, 2.45) is 5.41 Å². The van der Waals surface area contributed by atoms with E-state index in [-0.39, 0.29) is 25.2 Å². The molecule has 0 saturated carbocycles. The van der Waals surface area contributed by atoms with Crippen molar-refractivity contribution in [3.8, 4) is 11.5 Å². The number of Topliss-reactive ketones (excluding diaryl/α,β-unsaturated/α-hetero) is 1. The number of carbonyl (C=O) groups is 2. The molecule has 0 radical (unpaired) electrons. The van der Waals surface area contributed by atoms with E-state index < -0.39 is 11.4 Å². The smallest absolute Gasteiger partial charge is 0.303 e. The fourth-order valence-corrected chi connectivity index (χ4v) is 2.54. The van der Waals surface area contributed by atoms with Crippen LogP contribution in [0.1, 0.15) is 33.1 Å². The van der Waals surface area contributed by atoms with Crippen LogP contribution in [-0.2, 0) is 9.59 Å². The van der Waals surface area contributed by atoms with Crippen molar-refractivity contribution in [1.82, 2.24) is 0 Å². The third-order valence-corrected chi connectivity index (χ3v) is 3.54. The summed E-state index contributed by atoms with van der Waals surface area (Å²) in [7, 11) is 0. The van der Waals surface area contributed by atoms with Gasteiger partial charge < -0.3 is 19.9 Å². The number of nitrogens with one attached hydrogen (secondary N) is 1. The number of rotatable bonds is 7. The quantitative estimate of drug-likeness (QED) is 0.803. The van der Waals surface area contributed by atoms with Gasteiger partial charge >= 0.3 is 5.97 Å². The third kappa shape index (κ3) is 5.47. The molecule has 0 aliphatic carbocycles. The van der Waals surface area contributed by atoms with Gasteiger partial charge in [-0.3, -0.25) is 9.59 Å². The highest BCUT2D eigenvalue weighted by Crippen LogP contribution is 2.32. The van der Waals surface area contributed by atoms with Crippen molar-refractivity contribution in [3.63, 3.8) is 0 Å². The summed E-state index contributed by atoms with van der Waals surface area (Å²) in [5.41, 5.74) is 0.230. The highest BCUT2D eigenvalue weighted by Gasteiger charge is 2.25. The van der Waals surface area contributed by atoms with Crippen LogP contribution in [0.15, 0.2) is 18.2 Å². The van der Waals surface area contributed by atoms with Crippen molar-refractivity contribution >= 4 is 17.4 Å². The second-order valence-corrected chi connectivity index (χ2v) is 6.52. The van der Waals surface area contributed by atoms with Crippen LogP contribution in [0, 0.1) is 5.41 Å². The van der Waals surface area contributed by atoms with E-state index in [1.54, 1.807) is 13.8 Å². The molecule has 6 heteroatoms. The Labute approximate surface area is 135 Å². The van der Waals surface area contributed by atoms with Gasteiger partial charge in [0.25, 0.3) is 0 Å². The van der Waals surface area contributed by atoms with Crippen molar-refractivity contribution in [1.29, 1.82) is 0 Å². The number of hydrogen-bond donors (Lipinski definition) is 2. The molecule has 0 aromatic heterocycles. The molecular formula is C17H23NO5. The van der Waals surface area contributed by atoms with Gasteiger partial charge in [0.1, 0.15) is 0 Å². The number of anilines is 1. The third-order valence-electron chi connectivity index (χ3n) is 3.54. The molecule has 2 rings (SSSR count). The van der Waals surface area contributed by atoms with Gasteiger partial charge in [0, 0.05) is 24.6 Å². The van der Waals surface area contributed by atoms with Crippen LogP contribution < -0.4 is 14.8 Å². The maximum atomic E-state index is 12.0. The lowest BCUT2D eigenvalue weighted by Gasteiger charge is -2.21. The van der Waals surface area contributed by atoms with Gasteiger partial charge in [-0.15, -0.1) is 0 Å². The molecule has 0 atom stereocenters. The molecule has 2 N–H and O–H groups in total. The van der Waals surface area contributed by atoms with Gasteiger partial charge in [0.15, 0.2) is 17.3 Å². The van der Waals surface area contributed by atoms with E-state index in [0.717, 1.165) is 12.1 Å². The Morgan fingerprint density at radius 1 is 1.17 bits per heavy atom. The molecule has 1 aromatic rings. The lowest BCUT2D eigenvalue weighted by atomic mass is 9.84. The summed E-state index contributed by atoms with van der Waals surface area (Å²) in [4.78, 5) is 22.8. The molecule has 0 bridgehead atoms. The highest BCUT2D eigenvalue weighted by molar-refractivity contribution is 5.84. The van der Waals surface area contributed by atoms with Crippen molar-refractivity contribution in [2.45, 2.75) is 33.1 Å². The fourth-order valence-electron chi connectivity index (χ4n) is 2.54. The van der Waals surface area contributed by atoms with Gasteiger partial charge in [-0.1, -0.05) is 13.8 Å².